The maximum atomic E-state index is 13.0. The van der Waals surface area contributed by atoms with Crippen LogP contribution in [0.1, 0.15) is 12.8 Å². The van der Waals surface area contributed by atoms with E-state index in [2.05, 4.69) is 26.2 Å². The summed E-state index contributed by atoms with van der Waals surface area (Å²) in [6, 6.07) is 12.9. The summed E-state index contributed by atoms with van der Waals surface area (Å²) in [4.78, 5) is 17.5. The summed E-state index contributed by atoms with van der Waals surface area (Å²) in [6.45, 7) is 0.297. The normalized spacial score (nSPS) is 17.2. The number of carbonyl (C=O) groups is 1. The van der Waals surface area contributed by atoms with Crippen molar-refractivity contribution in [3.05, 3.63) is 63.4 Å². The molecule has 10 heteroatoms. The molecule has 2 heterocycles. The van der Waals surface area contributed by atoms with E-state index in [4.69, 9.17) is 11.6 Å². The molecule has 2 aromatic carbocycles. The molecule has 0 spiro atoms. The fraction of sp³-hybridized carbons (Fsp3) is 0.200. The number of hydrogen-bond donors (Lipinski definition) is 1. The number of hydrogen-bond acceptors (Lipinski definition) is 5. The van der Waals surface area contributed by atoms with E-state index >= 15 is 0 Å². The van der Waals surface area contributed by atoms with E-state index in [0.29, 0.717) is 29.5 Å². The minimum absolute atomic E-state index is 0.123. The Morgan fingerprint density at radius 2 is 1.87 bits per heavy atom. The average Bonchev–Trinajstić information content (AvgIpc) is 3.39. The predicted octanol–water partition coefficient (Wildman–Crippen LogP) is 5.02. The highest BCUT2D eigenvalue weighted by Gasteiger charge is 2.39. The van der Waals surface area contributed by atoms with Crippen molar-refractivity contribution >= 4 is 59.9 Å². The zero-order valence-electron chi connectivity index (χ0n) is 15.6. The number of aromatic nitrogens is 1. The molecule has 0 radical (unpaired) electrons. The number of rotatable bonds is 5. The number of nitrogens with one attached hydrogen (secondary N) is 1. The number of benzene rings is 2. The molecule has 1 aliphatic rings. The number of amides is 1. The highest BCUT2D eigenvalue weighted by Crippen LogP contribution is 2.30. The van der Waals surface area contributed by atoms with E-state index in [1.807, 2.05) is 29.6 Å². The van der Waals surface area contributed by atoms with Crippen molar-refractivity contribution in [2.24, 2.45) is 0 Å². The highest BCUT2D eigenvalue weighted by atomic mass is 79.9. The third kappa shape index (κ3) is 4.45. The molecule has 30 heavy (non-hydrogen) atoms. The van der Waals surface area contributed by atoms with Gasteiger partial charge in [0, 0.05) is 27.0 Å². The molecule has 1 amide bonds. The summed E-state index contributed by atoms with van der Waals surface area (Å²) in [6.07, 6.45) is 1.08. The number of sulfonamides is 1. The SMILES string of the molecule is O=C(Nc1nc(-c2ccc(Br)cc2)cs1)[C@@H]1CCCN1S(=O)(=O)c1ccc(Cl)cc1. The zero-order chi connectivity index (χ0) is 21.3. The average molecular weight is 527 g/mol. The van der Waals surface area contributed by atoms with Gasteiger partial charge in [0.25, 0.3) is 0 Å². The first-order valence-corrected chi connectivity index (χ1v) is 12.6. The standard InChI is InChI=1S/C20H17BrClN3O3S2/c21-14-5-3-13(4-6-14)17-12-29-20(23-17)24-19(26)18-2-1-11-25(18)30(27,28)16-9-7-15(22)8-10-16/h3-10,12,18H,1-2,11H2,(H,23,24,26)/t18-/m0/s1. The van der Waals surface area contributed by atoms with Gasteiger partial charge in [-0.15, -0.1) is 11.3 Å². The molecule has 1 N–H and O–H groups in total. The van der Waals surface area contributed by atoms with Crippen molar-refractivity contribution in [3.8, 4) is 11.3 Å². The smallest absolute Gasteiger partial charge is 0.244 e. The number of nitrogens with zero attached hydrogens (tertiary/aromatic N) is 2. The molecule has 4 rings (SSSR count). The van der Waals surface area contributed by atoms with Gasteiger partial charge in [-0.1, -0.05) is 39.7 Å². The van der Waals surface area contributed by atoms with Crippen molar-refractivity contribution in [2.75, 3.05) is 11.9 Å². The van der Waals surface area contributed by atoms with Gasteiger partial charge in [-0.2, -0.15) is 4.31 Å². The number of anilines is 1. The minimum Gasteiger partial charge on any atom is -0.301 e. The summed E-state index contributed by atoms with van der Waals surface area (Å²) < 4.78 is 28.3. The highest BCUT2D eigenvalue weighted by molar-refractivity contribution is 9.10. The molecule has 3 aromatic rings. The van der Waals surface area contributed by atoms with Gasteiger partial charge in [0.05, 0.1) is 10.6 Å². The summed E-state index contributed by atoms with van der Waals surface area (Å²) in [5.41, 5.74) is 1.68. The lowest BCUT2D eigenvalue weighted by molar-refractivity contribution is -0.119. The largest absolute Gasteiger partial charge is 0.301 e. The fourth-order valence-electron chi connectivity index (χ4n) is 3.30. The van der Waals surface area contributed by atoms with E-state index < -0.39 is 16.1 Å². The van der Waals surface area contributed by atoms with Crippen molar-refractivity contribution in [1.29, 1.82) is 0 Å². The van der Waals surface area contributed by atoms with Crippen molar-refractivity contribution in [3.63, 3.8) is 0 Å². The monoisotopic (exact) mass is 525 g/mol. The van der Waals surface area contributed by atoms with Gasteiger partial charge in [0.2, 0.25) is 15.9 Å². The Labute approximate surface area is 192 Å². The molecule has 1 atom stereocenters. The van der Waals surface area contributed by atoms with E-state index in [9.17, 15) is 13.2 Å². The maximum Gasteiger partial charge on any atom is 0.244 e. The van der Waals surface area contributed by atoms with Gasteiger partial charge in [0.1, 0.15) is 6.04 Å². The molecule has 1 saturated heterocycles. The summed E-state index contributed by atoms with van der Waals surface area (Å²) >= 11 is 10.6. The first-order chi connectivity index (χ1) is 14.3. The van der Waals surface area contributed by atoms with Crippen LogP contribution in [0.25, 0.3) is 11.3 Å². The fourth-order valence-corrected chi connectivity index (χ4v) is 6.07. The van der Waals surface area contributed by atoms with E-state index in [1.54, 1.807) is 0 Å². The van der Waals surface area contributed by atoms with E-state index in [-0.39, 0.29) is 10.8 Å². The van der Waals surface area contributed by atoms with Crippen LogP contribution in [0.5, 0.6) is 0 Å². The molecule has 6 nitrogen and oxygen atoms in total. The number of carbonyl (C=O) groups excluding carboxylic acids is 1. The Bertz CT molecular complexity index is 1160. The van der Waals surface area contributed by atoms with Crippen LogP contribution in [0, 0.1) is 0 Å². The van der Waals surface area contributed by atoms with Crippen LogP contribution < -0.4 is 5.32 Å². The first kappa shape index (κ1) is 21.5. The number of thiazole rings is 1. The molecule has 0 bridgehead atoms. The minimum atomic E-state index is -3.79. The lowest BCUT2D eigenvalue weighted by Gasteiger charge is -2.23. The molecule has 0 unspecified atom stereocenters. The molecule has 1 fully saturated rings. The maximum absolute atomic E-state index is 13.0. The molecular weight excluding hydrogens is 510 g/mol. The topological polar surface area (TPSA) is 79.4 Å². The van der Waals surface area contributed by atoms with Gasteiger partial charge in [-0.25, -0.2) is 13.4 Å². The Morgan fingerprint density at radius 1 is 1.17 bits per heavy atom. The Balaban J connectivity index is 1.50. The van der Waals surface area contributed by atoms with Crippen molar-refractivity contribution < 1.29 is 13.2 Å². The van der Waals surface area contributed by atoms with Gasteiger partial charge in [-0.05, 0) is 49.2 Å². The predicted molar refractivity (Wildman–Crippen MR) is 122 cm³/mol. The Hall–Kier alpha value is -1.78. The lowest BCUT2D eigenvalue weighted by Crippen LogP contribution is -2.43. The van der Waals surface area contributed by atoms with Crippen molar-refractivity contribution in [1.82, 2.24) is 9.29 Å². The van der Waals surface area contributed by atoms with Crippen LogP contribution in [0.4, 0.5) is 5.13 Å². The van der Waals surface area contributed by atoms with Crippen LogP contribution in [-0.4, -0.2) is 36.2 Å². The molecule has 1 aliphatic heterocycles. The zero-order valence-corrected chi connectivity index (χ0v) is 19.6. The summed E-state index contributed by atoms with van der Waals surface area (Å²) in [5.74, 6) is -0.373. The van der Waals surface area contributed by atoms with Crippen LogP contribution in [0.2, 0.25) is 5.02 Å². The van der Waals surface area contributed by atoms with Crippen LogP contribution in [0.3, 0.4) is 0 Å². The quantitative estimate of drug-likeness (QED) is 0.506. The van der Waals surface area contributed by atoms with Crippen LogP contribution in [0.15, 0.2) is 63.3 Å². The second kappa shape index (κ2) is 8.76. The number of halogens is 2. The van der Waals surface area contributed by atoms with E-state index in [1.165, 1.54) is 39.9 Å². The van der Waals surface area contributed by atoms with Gasteiger partial charge in [0.15, 0.2) is 5.13 Å². The summed E-state index contributed by atoms with van der Waals surface area (Å²) in [5, 5.41) is 5.53. The third-order valence-electron chi connectivity index (χ3n) is 4.80. The van der Waals surface area contributed by atoms with Gasteiger partial charge >= 0.3 is 0 Å². The van der Waals surface area contributed by atoms with E-state index in [0.717, 1.165) is 15.7 Å². The molecule has 1 aromatic heterocycles. The molecule has 0 saturated carbocycles. The first-order valence-electron chi connectivity index (χ1n) is 9.14. The third-order valence-corrected chi connectivity index (χ3v) is 8.26. The van der Waals surface area contributed by atoms with Gasteiger partial charge < -0.3 is 5.32 Å². The van der Waals surface area contributed by atoms with Gasteiger partial charge in [-0.3, -0.25) is 4.79 Å². The molecule has 0 aliphatic carbocycles. The van der Waals surface area contributed by atoms with Crippen LogP contribution >= 0.6 is 38.9 Å². The molecular formula is C20H17BrClN3O3S2. The Kier molecular flexibility index (Phi) is 6.26. The second-order valence-corrected chi connectivity index (χ2v) is 10.9. The second-order valence-electron chi connectivity index (χ2n) is 6.76. The summed E-state index contributed by atoms with van der Waals surface area (Å²) in [7, 11) is -3.79. The van der Waals surface area contributed by atoms with Crippen LogP contribution in [-0.2, 0) is 14.8 Å². The van der Waals surface area contributed by atoms with Crippen molar-refractivity contribution in [2.45, 2.75) is 23.8 Å². The lowest BCUT2D eigenvalue weighted by atomic mass is 10.2. The molecule has 156 valence electrons. The Morgan fingerprint density at radius 3 is 2.57 bits per heavy atom.